The van der Waals surface area contributed by atoms with E-state index in [4.69, 9.17) is 4.42 Å². The van der Waals surface area contributed by atoms with Gasteiger partial charge in [-0.3, -0.25) is 4.79 Å². The maximum Gasteiger partial charge on any atom is 0.231 e. The second kappa shape index (κ2) is 6.08. The summed E-state index contributed by atoms with van der Waals surface area (Å²) >= 11 is 0. The quantitative estimate of drug-likeness (QED) is 0.906. The maximum absolute atomic E-state index is 13.3. The lowest BCUT2D eigenvalue weighted by atomic mass is 9.77. The molecule has 1 N–H and O–H groups in total. The summed E-state index contributed by atoms with van der Waals surface area (Å²) in [5, 5.41) is 3.26. The van der Waals surface area contributed by atoms with Gasteiger partial charge in [0.2, 0.25) is 5.91 Å². The van der Waals surface area contributed by atoms with Crippen LogP contribution in [0.2, 0.25) is 0 Å². The highest BCUT2D eigenvalue weighted by atomic mass is 19.1. The van der Waals surface area contributed by atoms with Gasteiger partial charge in [-0.15, -0.1) is 0 Å². The van der Waals surface area contributed by atoms with E-state index in [9.17, 15) is 9.18 Å². The van der Waals surface area contributed by atoms with Gasteiger partial charge in [0.25, 0.3) is 0 Å². The van der Waals surface area contributed by atoms with Crippen molar-refractivity contribution in [1.29, 1.82) is 0 Å². The van der Waals surface area contributed by atoms with Crippen molar-refractivity contribution < 1.29 is 13.6 Å². The molecule has 3 nitrogen and oxygen atoms in total. The SMILES string of the molecule is O=C(NC1CCCc2occc21)C1(c2ccc(F)cc2)CCCC1. The molecule has 24 heavy (non-hydrogen) atoms. The summed E-state index contributed by atoms with van der Waals surface area (Å²) in [7, 11) is 0. The lowest BCUT2D eigenvalue weighted by molar-refractivity contribution is -0.127. The van der Waals surface area contributed by atoms with Gasteiger partial charge < -0.3 is 9.73 Å². The number of benzene rings is 1. The number of hydrogen-bond acceptors (Lipinski definition) is 2. The lowest BCUT2D eigenvalue weighted by Gasteiger charge is -2.32. The average molecular weight is 327 g/mol. The molecule has 0 bridgehead atoms. The van der Waals surface area contributed by atoms with E-state index in [0.717, 1.165) is 61.8 Å². The standard InChI is InChI=1S/C20H22FNO2/c21-15-8-6-14(7-9-15)20(11-1-2-12-20)19(23)22-17-4-3-5-18-16(17)10-13-24-18/h6-10,13,17H,1-5,11-12H2,(H,22,23). The highest BCUT2D eigenvalue weighted by Gasteiger charge is 2.43. The summed E-state index contributed by atoms with van der Waals surface area (Å²) < 4.78 is 18.8. The smallest absolute Gasteiger partial charge is 0.231 e. The molecule has 0 spiro atoms. The summed E-state index contributed by atoms with van der Waals surface area (Å²) in [6.07, 6.45) is 8.34. The topological polar surface area (TPSA) is 42.2 Å². The summed E-state index contributed by atoms with van der Waals surface area (Å²) in [6.45, 7) is 0. The molecular weight excluding hydrogens is 305 g/mol. The first-order valence-corrected chi connectivity index (χ1v) is 8.82. The first kappa shape index (κ1) is 15.4. The van der Waals surface area contributed by atoms with Crippen LogP contribution in [0.25, 0.3) is 0 Å². The van der Waals surface area contributed by atoms with Gasteiger partial charge in [-0.2, -0.15) is 0 Å². The third kappa shape index (κ3) is 2.54. The predicted octanol–water partition coefficient (Wildman–Crippen LogP) is 4.42. The molecular formula is C20H22FNO2. The van der Waals surface area contributed by atoms with E-state index < -0.39 is 5.41 Å². The van der Waals surface area contributed by atoms with Crippen LogP contribution in [0.3, 0.4) is 0 Å². The fourth-order valence-corrected chi connectivity index (χ4v) is 4.33. The van der Waals surface area contributed by atoms with Gasteiger partial charge in [-0.25, -0.2) is 4.39 Å². The van der Waals surface area contributed by atoms with Crippen molar-refractivity contribution in [3.8, 4) is 0 Å². The van der Waals surface area contributed by atoms with Crippen LogP contribution in [0.5, 0.6) is 0 Å². The molecule has 1 saturated carbocycles. The minimum atomic E-state index is -0.519. The Bertz CT molecular complexity index is 728. The van der Waals surface area contributed by atoms with Crippen LogP contribution in [-0.4, -0.2) is 5.91 Å². The van der Waals surface area contributed by atoms with Crippen molar-refractivity contribution in [1.82, 2.24) is 5.32 Å². The summed E-state index contributed by atoms with van der Waals surface area (Å²) in [5.41, 5.74) is 1.53. The van der Waals surface area contributed by atoms with E-state index in [1.54, 1.807) is 18.4 Å². The summed E-state index contributed by atoms with van der Waals surface area (Å²) in [4.78, 5) is 13.2. The molecule has 126 valence electrons. The molecule has 1 fully saturated rings. The van der Waals surface area contributed by atoms with Crippen molar-refractivity contribution in [2.45, 2.75) is 56.4 Å². The van der Waals surface area contributed by atoms with E-state index in [1.807, 2.05) is 6.07 Å². The Balaban J connectivity index is 1.61. The number of furan rings is 1. The highest BCUT2D eigenvalue weighted by molar-refractivity contribution is 5.89. The Hall–Kier alpha value is -2.10. The Morgan fingerprint density at radius 2 is 1.88 bits per heavy atom. The molecule has 1 atom stereocenters. The van der Waals surface area contributed by atoms with Gasteiger partial charge in [-0.05, 0) is 49.4 Å². The molecule has 2 aliphatic carbocycles. The zero-order chi connectivity index (χ0) is 16.6. The van der Waals surface area contributed by atoms with Crippen molar-refractivity contribution >= 4 is 5.91 Å². The van der Waals surface area contributed by atoms with E-state index in [-0.39, 0.29) is 17.8 Å². The van der Waals surface area contributed by atoms with Crippen LogP contribution in [-0.2, 0) is 16.6 Å². The minimum Gasteiger partial charge on any atom is -0.469 e. The number of aryl methyl sites for hydroxylation is 1. The molecule has 1 aromatic carbocycles. The normalized spacial score (nSPS) is 22.1. The number of hydrogen-bond donors (Lipinski definition) is 1. The molecule has 0 aliphatic heterocycles. The van der Waals surface area contributed by atoms with Crippen LogP contribution in [0.15, 0.2) is 41.0 Å². The Morgan fingerprint density at radius 1 is 1.12 bits per heavy atom. The molecule has 1 aromatic heterocycles. The first-order chi connectivity index (χ1) is 11.7. The van der Waals surface area contributed by atoms with Crippen LogP contribution in [0.4, 0.5) is 4.39 Å². The number of carbonyl (C=O) groups is 1. The first-order valence-electron chi connectivity index (χ1n) is 8.82. The fourth-order valence-electron chi connectivity index (χ4n) is 4.33. The summed E-state index contributed by atoms with van der Waals surface area (Å²) in [6, 6.07) is 8.44. The Kier molecular flexibility index (Phi) is 3.91. The second-order valence-electron chi connectivity index (χ2n) is 7.01. The number of fused-ring (bicyclic) bond motifs is 1. The molecule has 2 aromatic rings. The van der Waals surface area contributed by atoms with Crippen LogP contribution >= 0.6 is 0 Å². The molecule has 4 rings (SSSR count). The van der Waals surface area contributed by atoms with E-state index in [2.05, 4.69) is 5.32 Å². The number of halogens is 1. The van der Waals surface area contributed by atoms with Gasteiger partial charge in [0.05, 0.1) is 17.7 Å². The van der Waals surface area contributed by atoms with E-state index >= 15 is 0 Å². The average Bonchev–Trinajstić information content (AvgIpc) is 3.26. The number of nitrogens with one attached hydrogen (secondary N) is 1. The molecule has 1 heterocycles. The molecule has 0 saturated heterocycles. The van der Waals surface area contributed by atoms with Crippen molar-refractivity contribution in [2.75, 3.05) is 0 Å². The molecule has 1 unspecified atom stereocenters. The molecule has 2 aliphatic rings. The maximum atomic E-state index is 13.3. The lowest BCUT2D eigenvalue weighted by Crippen LogP contribution is -2.44. The van der Waals surface area contributed by atoms with Crippen molar-refractivity contribution in [3.63, 3.8) is 0 Å². The largest absolute Gasteiger partial charge is 0.469 e. The minimum absolute atomic E-state index is 0.0259. The van der Waals surface area contributed by atoms with Gasteiger partial charge in [0.15, 0.2) is 0 Å². The van der Waals surface area contributed by atoms with Gasteiger partial charge >= 0.3 is 0 Å². The number of rotatable bonds is 3. The molecule has 1 amide bonds. The number of amides is 1. The molecule has 4 heteroatoms. The zero-order valence-corrected chi connectivity index (χ0v) is 13.7. The van der Waals surface area contributed by atoms with Crippen LogP contribution < -0.4 is 5.32 Å². The zero-order valence-electron chi connectivity index (χ0n) is 13.7. The second-order valence-corrected chi connectivity index (χ2v) is 7.01. The van der Waals surface area contributed by atoms with E-state index in [1.165, 1.54) is 12.1 Å². The van der Waals surface area contributed by atoms with Crippen molar-refractivity contribution in [2.24, 2.45) is 0 Å². The highest BCUT2D eigenvalue weighted by Crippen LogP contribution is 2.42. The summed E-state index contributed by atoms with van der Waals surface area (Å²) in [5.74, 6) is 0.807. The Labute approximate surface area is 141 Å². The number of carbonyl (C=O) groups excluding carboxylic acids is 1. The van der Waals surface area contributed by atoms with Crippen molar-refractivity contribution in [3.05, 3.63) is 59.3 Å². The van der Waals surface area contributed by atoms with Crippen LogP contribution in [0.1, 0.15) is 61.5 Å². The van der Waals surface area contributed by atoms with Gasteiger partial charge in [0.1, 0.15) is 11.6 Å². The molecule has 0 radical (unpaired) electrons. The van der Waals surface area contributed by atoms with Gasteiger partial charge in [0, 0.05) is 12.0 Å². The van der Waals surface area contributed by atoms with Crippen LogP contribution in [0, 0.1) is 5.82 Å². The monoisotopic (exact) mass is 327 g/mol. The predicted molar refractivity (Wildman–Crippen MR) is 89.1 cm³/mol. The van der Waals surface area contributed by atoms with E-state index in [0.29, 0.717) is 0 Å². The third-order valence-corrected chi connectivity index (χ3v) is 5.65. The fraction of sp³-hybridized carbons (Fsp3) is 0.450. The Morgan fingerprint density at radius 3 is 2.62 bits per heavy atom. The van der Waals surface area contributed by atoms with Gasteiger partial charge in [-0.1, -0.05) is 25.0 Å². The third-order valence-electron chi connectivity index (χ3n) is 5.65.